The van der Waals surface area contributed by atoms with Crippen LogP contribution >= 0.6 is 11.3 Å². The summed E-state index contributed by atoms with van der Waals surface area (Å²) in [5, 5.41) is 12.2. The quantitative estimate of drug-likeness (QED) is 0.796. The molecule has 1 fully saturated rings. The van der Waals surface area contributed by atoms with E-state index in [0.29, 0.717) is 12.5 Å². The third-order valence-corrected chi connectivity index (χ3v) is 5.09. The fraction of sp³-hybridized carbons (Fsp3) is 0.750. The van der Waals surface area contributed by atoms with Crippen LogP contribution in [0, 0.1) is 5.92 Å². The highest BCUT2D eigenvalue weighted by Gasteiger charge is 2.21. The van der Waals surface area contributed by atoms with Crippen molar-refractivity contribution < 1.29 is 9.90 Å². The molecular formula is C16H27N3O2S. The standard InChI is InChI=1S/C16H27N3O2S/c1-12(2)14-11-22-16(17-14)19(10-13(3)15(20)21)9-8-18-6-4-5-7-18/h11-13H,4-10H2,1-3H3,(H,20,21). The Bertz CT molecular complexity index is 483. The molecule has 1 N–H and O–H groups in total. The van der Waals surface area contributed by atoms with Gasteiger partial charge < -0.3 is 14.9 Å². The van der Waals surface area contributed by atoms with Gasteiger partial charge in [0.15, 0.2) is 5.13 Å². The van der Waals surface area contributed by atoms with Crippen molar-refractivity contribution in [3.8, 4) is 0 Å². The molecule has 0 bridgehead atoms. The maximum Gasteiger partial charge on any atom is 0.308 e. The predicted octanol–water partition coefficient (Wildman–Crippen LogP) is 2.89. The van der Waals surface area contributed by atoms with Gasteiger partial charge in [-0.25, -0.2) is 4.98 Å². The second-order valence-corrected chi connectivity index (χ2v) is 7.28. The molecule has 0 aliphatic carbocycles. The van der Waals surface area contributed by atoms with Crippen molar-refractivity contribution in [3.63, 3.8) is 0 Å². The Kier molecular flexibility index (Phi) is 6.20. The molecule has 0 saturated carbocycles. The molecule has 124 valence electrons. The van der Waals surface area contributed by atoms with Crippen LogP contribution in [0.15, 0.2) is 5.38 Å². The van der Waals surface area contributed by atoms with E-state index >= 15 is 0 Å². The van der Waals surface area contributed by atoms with Gasteiger partial charge in [-0.15, -0.1) is 11.3 Å². The van der Waals surface area contributed by atoms with Crippen molar-refractivity contribution in [2.24, 2.45) is 5.92 Å². The summed E-state index contributed by atoms with van der Waals surface area (Å²) in [6.07, 6.45) is 2.56. The third kappa shape index (κ3) is 4.68. The number of carboxylic acids is 1. The van der Waals surface area contributed by atoms with E-state index in [1.165, 1.54) is 12.8 Å². The van der Waals surface area contributed by atoms with Crippen molar-refractivity contribution in [2.45, 2.75) is 39.5 Å². The van der Waals surface area contributed by atoms with Crippen molar-refractivity contribution in [3.05, 3.63) is 11.1 Å². The van der Waals surface area contributed by atoms with E-state index in [4.69, 9.17) is 4.98 Å². The van der Waals surface area contributed by atoms with Crippen LogP contribution in [0.3, 0.4) is 0 Å². The van der Waals surface area contributed by atoms with Crippen LogP contribution in [0.4, 0.5) is 5.13 Å². The monoisotopic (exact) mass is 325 g/mol. The summed E-state index contributed by atoms with van der Waals surface area (Å²) < 4.78 is 0. The van der Waals surface area contributed by atoms with Crippen LogP contribution in [0.2, 0.25) is 0 Å². The first-order valence-electron chi connectivity index (χ1n) is 8.13. The normalized spacial score (nSPS) is 17.1. The zero-order valence-corrected chi connectivity index (χ0v) is 14.6. The number of nitrogens with zero attached hydrogens (tertiary/aromatic N) is 3. The Labute approximate surface area is 137 Å². The summed E-state index contributed by atoms with van der Waals surface area (Å²) in [5.41, 5.74) is 1.09. The number of likely N-dealkylation sites (tertiary alicyclic amines) is 1. The van der Waals surface area contributed by atoms with Crippen molar-refractivity contribution >= 4 is 22.4 Å². The lowest BCUT2D eigenvalue weighted by atomic mass is 10.1. The number of anilines is 1. The summed E-state index contributed by atoms with van der Waals surface area (Å²) >= 11 is 1.63. The van der Waals surface area contributed by atoms with Crippen LogP contribution in [-0.4, -0.2) is 53.7 Å². The Morgan fingerprint density at radius 2 is 2.09 bits per heavy atom. The number of thiazole rings is 1. The fourth-order valence-corrected chi connectivity index (χ4v) is 3.65. The lowest BCUT2D eigenvalue weighted by molar-refractivity contribution is -0.140. The van der Waals surface area contributed by atoms with Gasteiger partial charge in [0.2, 0.25) is 0 Å². The zero-order chi connectivity index (χ0) is 16.1. The SMILES string of the molecule is CC(CN(CCN1CCCC1)c1nc(C(C)C)cs1)C(=O)O. The Hall–Kier alpha value is -1.14. The predicted molar refractivity (Wildman–Crippen MR) is 90.9 cm³/mol. The molecule has 22 heavy (non-hydrogen) atoms. The molecule has 0 amide bonds. The van der Waals surface area contributed by atoms with Gasteiger partial charge in [-0.05, 0) is 31.8 Å². The highest BCUT2D eigenvalue weighted by molar-refractivity contribution is 7.13. The van der Waals surface area contributed by atoms with Crippen molar-refractivity contribution in [1.82, 2.24) is 9.88 Å². The molecule has 0 radical (unpaired) electrons. The average molecular weight is 325 g/mol. The Balaban J connectivity index is 2.03. The number of carboxylic acid groups (broad SMARTS) is 1. The highest BCUT2D eigenvalue weighted by Crippen LogP contribution is 2.25. The number of carbonyl (C=O) groups is 1. The molecule has 1 aromatic rings. The summed E-state index contributed by atoms with van der Waals surface area (Å²) in [5.74, 6) is -0.723. The minimum absolute atomic E-state index is 0.384. The molecule has 1 aliphatic heterocycles. The third-order valence-electron chi connectivity index (χ3n) is 4.17. The number of hydrogen-bond donors (Lipinski definition) is 1. The van der Waals surface area contributed by atoms with Crippen LogP contribution < -0.4 is 4.90 Å². The molecule has 1 saturated heterocycles. The minimum atomic E-state index is -0.744. The molecule has 1 aromatic heterocycles. The van der Waals surface area contributed by atoms with E-state index in [1.807, 2.05) is 0 Å². The maximum atomic E-state index is 11.2. The molecule has 2 rings (SSSR count). The van der Waals surface area contributed by atoms with Crippen LogP contribution in [-0.2, 0) is 4.79 Å². The summed E-state index contributed by atoms with van der Waals surface area (Å²) in [6.45, 7) is 10.7. The van der Waals surface area contributed by atoms with Gasteiger partial charge in [-0.2, -0.15) is 0 Å². The highest BCUT2D eigenvalue weighted by atomic mass is 32.1. The first-order valence-corrected chi connectivity index (χ1v) is 9.01. The Morgan fingerprint density at radius 1 is 1.41 bits per heavy atom. The molecular weight excluding hydrogens is 298 g/mol. The lowest BCUT2D eigenvalue weighted by Crippen LogP contribution is -2.38. The summed E-state index contributed by atoms with van der Waals surface area (Å²) in [4.78, 5) is 20.5. The van der Waals surface area contributed by atoms with Crippen LogP contribution in [0.1, 0.15) is 45.2 Å². The number of hydrogen-bond acceptors (Lipinski definition) is 5. The maximum absolute atomic E-state index is 11.2. The van der Waals surface area contributed by atoms with E-state index < -0.39 is 5.97 Å². The van der Waals surface area contributed by atoms with E-state index in [0.717, 1.165) is 37.0 Å². The minimum Gasteiger partial charge on any atom is -0.481 e. The largest absolute Gasteiger partial charge is 0.481 e. The first kappa shape index (κ1) is 17.2. The van der Waals surface area contributed by atoms with Crippen LogP contribution in [0.25, 0.3) is 0 Å². The molecule has 5 nitrogen and oxygen atoms in total. The van der Waals surface area contributed by atoms with Gasteiger partial charge in [-0.3, -0.25) is 4.79 Å². The van der Waals surface area contributed by atoms with Gasteiger partial charge in [-0.1, -0.05) is 20.8 Å². The van der Waals surface area contributed by atoms with E-state index in [-0.39, 0.29) is 5.92 Å². The average Bonchev–Trinajstić information content (AvgIpc) is 3.14. The second kappa shape index (κ2) is 7.92. The number of rotatable bonds is 8. The molecule has 1 unspecified atom stereocenters. The van der Waals surface area contributed by atoms with E-state index in [2.05, 4.69) is 29.0 Å². The number of aromatic nitrogens is 1. The second-order valence-electron chi connectivity index (χ2n) is 6.44. The van der Waals surface area contributed by atoms with Gasteiger partial charge >= 0.3 is 5.97 Å². The molecule has 1 aliphatic rings. The van der Waals surface area contributed by atoms with Crippen molar-refractivity contribution in [2.75, 3.05) is 37.6 Å². The van der Waals surface area contributed by atoms with Gasteiger partial charge in [0, 0.05) is 25.0 Å². The van der Waals surface area contributed by atoms with Gasteiger partial charge in [0.25, 0.3) is 0 Å². The van der Waals surface area contributed by atoms with E-state index in [1.54, 1.807) is 18.3 Å². The van der Waals surface area contributed by atoms with Crippen LogP contribution in [0.5, 0.6) is 0 Å². The fourth-order valence-electron chi connectivity index (χ4n) is 2.63. The molecule has 0 aromatic carbocycles. The first-order chi connectivity index (χ1) is 10.5. The molecule has 2 heterocycles. The van der Waals surface area contributed by atoms with Crippen molar-refractivity contribution in [1.29, 1.82) is 0 Å². The number of aliphatic carboxylic acids is 1. The van der Waals surface area contributed by atoms with Gasteiger partial charge in [0.1, 0.15) is 0 Å². The lowest BCUT2D eigenvalue weighted by Gasteiger charge is -2.26. The Morgan fingerprint density at radius 3 is 2.64 bits per heavy atom. The smallest absolute Gasteiger partial charge is 0.308 e. The van der Waals surface area contributed by atoms with E-state index in [9.17, 15) is 9.90 Å². The summed E-state index contributed by atoms with van der Waals surface area (Å²) in [6, 6.07) is 0. The zero-order valence-electron chi connectivity index (χ0n) is 13.8. The summed E-state index contributed by atoms with van der Waals surface area (Å²) in [7, 11) is 0. The van der Waals surface area contributed by atoms with Gasteiger partial charge in [0.05, 0.1) is 11.6 Å². The topological polar surface area (TPSA) is 56.7 Å². The molecule has 0 spiro atoms. The molecule has 6 heteroatoms. The molecule has 1 atom stereocenters.